The van der Waals surface area contributed by atoms with Crippen molar-refractivity contribution >= 4 is 37.4 Å². The first-order valence-electron chi connectivity index (χ1n) is 7.06. The Balaban J connectivity index is 1.96. The van der Waals surface area contributed by atoms with Gasteiger partial charge in [-0.1, -0.05) is 19.1 Å². The highest BCUT2D eigenvalue weighted by Crippen LogP contribution is 2.29. The average Bonchev–Trinajstić information content (AvgIpc) is 3.01. The van der Waals surface area contributed by atoms with Gasteiger partial charge in [-0.05, 0) is 35.6 Å². The Labute approximate surface area is 138 Å². The lowest BCUT2D eigenvalue weighted by Gasteiger charge is -2.19. The van der Waals surface area contributed by atoms with E-state index in [1.807, 2.05) is 24.4 Å². The summed E-state index contributed by atoms with van der Waals surface area (Å²) in [5, 5.41) is 11.5. The molecule has 1 aromatic carbocycles. The van der Waals surface area contributed by atoms with Crippen LogP contribution in [0.1, 0.15) is 24.9 Å². The molecule has 6 nitrogen and oxygen atoms in total. The van der Waals surface area contributed by atoms with Gasteiger partial charge in [0.15, 0.2) is 0 Å². The number of aromatic nitrogens is 2. The fourth-order valence-electron chi connectivity index (χ4n) is 2.40. The van der Waals surface area contributed by atoms with Gasteiger partial charge >= 0.3 is 0 Å². The van der Waals surface area contributed by atoms with E-state index in [0.717, 1.165) is 28.0 Å². The molecule has 0 saturated carbocycles. The van der Waals surface area contributed by atoms with Gasteiger partial charge in [-0.25, -0.2) is 23.5 Å². The van der Waals surface area contributed by atoms with E-state index in [1.54, 1.807) is 23.5 Å². The molecular formula is C15H16N4O2S2. The lowest BCUT2D eigenvalue weighted by Crippen LogP contribution is -2.15. The van der Waals surface area contributed by atoms with E-state index < -0.39 is 10.0 Å². The Hall–Kier alpha value is -2.03. The van der Waals surface area contributed by atoms with Crippen LogP contribution in [0, 0.1) is 0 Å². The predicted molar refractivity (Wildman–Crippen MR) is 91.9 cm³/mol. The zero-order valence-corrected chi connectivity index (χ0v) is 14.1. The largest absolute Gasteiger partial charge is 0.363 e. The minimum absolute atomic E-state index is 0.0744. The quantitative estimate of drug-likeness (QED) is 0.739. The van der Waals surface area contributed by atoms with E-state index in [1.165, 1.54) is 12.4 Å². The van der Waals surface area contributed by atoms with Crippen LogP contribution in [-0.4, -0.2) is 18.4 Å². The Kier molecular flexibility index (Phi) is 4.29. The molecule has 3 aromatic rings. The number of hydrogen-bond donors (Lipinski definition) is 2. The van der Waals surface area contributed by atoms with Gasteiger partial charge in [0.2, 0.25) is 10.0 Å². The number of rotatable bonds is 5. The van der Waals surface area contributed by atoms with Crippen LogP contribution in [0.15, 0.2) is 46.9 Å². The molecule has 1 unspecified atom stereocenters. The van der Waals surface area contributed by atoms with Gasteiger partial charge in [-0.2, -0.15) is 0 Å². The van der Waals surface area contributed by atoms with Crippen molar-refractivity contribution in [3.8, 4) is 0 Å². The summed E-state index contributed by atoms with van der Waals surface area (Å²) in [4.78, 5) is 9.55. The average molecular weight is 348 g/mol. The molecule has 3 N–H and O–H groups in total. The summed E-state index contributed by atoms with van der Waals surface area (Å²) >= 11 is 1.55. The van der Waals surface area contributed by atoms with Gasteiger partial charge in [0, 0.05) is 0 Å². The molecule has 0 radical (unpaired) electrons. The smallest absolute Gasteiger partial charge is 0.238 e. The fraction of sp³-hybridized carbons (Fsp3) is 0.200. The molecule has 0 fully saturated rings. The van der Waals surface area contributed by atoms with Crippen LogP contribution >= 0.6 is 11.3 Å². The highest BCUT2D eigenvalue weighted by Gasteiger charge is 2.15. The summed E-state index contributed by atoms with van der Waals surface area (Å²) in [7, 11) is -3.72. The van der Waals surface area contributed by atoms with Crippen LogP contribution in [0.3, 0.4) is 0 Å². The van der Waals surface area contributed by atoms with Crippen molar-refractivity contribution in [2.45, 2.75) is 24.3 Å². The number of anilines is 1. The Morgan fingerprint density at radius 2 is 2.13 bits per heavy atom. The summed E-state index contributed by atoms with van der Waals surface area (Å²) in [6.45, 7) is 2.02. The second-order valence-electron chi connectivity index (χ2n) is 5.08. The van der Waals surface area contributed by atoms with E-state index in [2.05, 4.69) is 15.3 Å². The minimum atomic E-state index is -3.72. The van der Waals surface area contributed by atoms with Crippen LogP contribution in [0.5, 0.6) is 0 Å². The molecule has 2 heterocycles. The van der Waals surface area contributed by atoms with Crippen molar-refractivity contribution in [3.63, 3.8) is 0 Å². The minimum Gasteiger partial charge on any atom is -0.363 e. The van der Waals surface area contributed by atoms with E-state index in [9.17, 15) is 8.42 Å². The number of hydrogen-bond acceptors (Lipinski definition) is 6. The van der Waals surface area contributed by atoms with Crippen LogP contribution in [-0.2, 0) is 10.0 Å². The first kappa shape index (κ1) is 15.9. The molecule has 0 saturated heterocycles. The molecule has 1 atom stereocenters. The van der Waals surface area contributed by atoms with Crippen molar-refractivity contribution in [2.75, 3.05) is 5.32 Å². The third-order valence-corrected chi connectivity index (χ3v) is 5.30. The Morgan fingerprint density at radius 1 is 1.30 bits per heavy atom. The molecule has 0 amide bonds. The van der Waals surface area contributed by atoms with E-state index >= 15 is 0 Å². The van der Waals surface area contributed by atoms with Gasteiger partial charge in [-0.3, -0.25) is 0 Å². The second kappa shape index (κ2) is 6.23. The molecule has 0 bridgehead atoms. The van der Waals surface area contributed by atoms with Crippen LogP contribution < -0.4 is 10.5 Å². The lowest BCUT2D eigenvalue weighted by molar-refractivity contribution is 0.597. The summed E-state index contributed by atoms with van der Waals surface area (Å²) < 4.78 is 23.1. The van der Waals surface area contributed by atoms with Crippen molar-refractivity contribution in [1.29, 1.82) is 0 Å². The predicted octanol–water partition coefficient (Wildman–Crippen LogP) is 2.90. The van der Waals surface area contributed by atoms with Crippen molar-refractivity contribution in [3.05, 3.63) is 47.6 Å². The molecule has 0 spiro atoms. The van der Waals surface area contributed by atoms with Crippen LogP contribution in [0.4, 0.5) is 5.82 Å². The monoisotopic (exact) mass is 348 g/mol. The Bertz CT molecular complexity index is 937. The van der Waals surface area contributed by atoms with Crippen molar-refractivity contribution in [1.82, 2.24) is 9.97 Å². The van der Waals surface area contributed by atoms with Crippen LogP contribution in [0.2, 0.25) is 0 Å². The number of thiophene rings is 1. The molecule has 23 heavy (non-hydrogen) atoms. The maximum atomic E-state index is 11.5. The maximum absolute atomic E-state index is 11.5. The zero-order valence-electron chi connectivity index (χ0n) is 12.4. The number of sulfonamides is 1. The van der Waals surface area contributed by atoms with Crippen molar-refractivity contribution in [2.24, 2.45) is 5.14 Å². The highest BCUT2D eigenvalue weighted by molar-refractivity contribution is 7.89. The molecule has 120 valence electrons. The van der Waals surface area contributed by atoms with E-state index in [4.69, 9.17) is 5.14 Å². The van der Waals surface area contributed by atoms with E-state index in [-0.39, 0.29) is 10.9 Å². The van der Waals surface area contributed by atoms with Gasteiger partial charge in [-0.15, -0.1) is 11.3 Å². The van der Waals surface area contributed by atoms with Crippen LogP contribution in [0.25, 0.3) is 10.2 Å². The van der Waals surface area contributed by atoms with Gasteiger partial charge in [0.1, 0.15) is 17.0 Å². The molecule has 0 aliphatic rings. The molecule has 8 heteroatoms. The highest BCUT2D eigenvalue weighted by atomic mass is 32.2. The second-order valence-corrected chi connectivity index (χ2v) is 7.54. The van der Waals surface area contributed by atoms with E-state index in [0.29, 0.717) is 0 Å². The van der Waals surface area contributed by atoms with Gasteiger partial charge in [0.05, 0.1) is 16.3 Å². The number of fused-ring (bicyclic) bond motifs is 1. The number of benzene rings is 1. The number of nitrogens with two attached hydrogens (primary N) is 1. The number of nitrogens with one attached hydrogen (secondary N) is 1. The third-order valence-electron chi connectivity index (χ3n) is 3.57. The molecular weight excluding hydrogens is 332 g/mol. The molecule has 3 rings (SSSR count). The first-order valence-corrected chi connectivity index (χ1v) is 9.49. The zero-order chi connectivity index (χ0) is 16.4. The van der Waals surface area contributed by atoms with Gasteiger partial charge in [0.25, 0.3) is 0 Å². The Morgan fingerprint density at radius 3 is 2.87 bits per heavy atom. The topological polar surface area (TPSA) is 98.0 Å². The summed E-state index contributed by atoms with van der Waals surface area (Å²) in [5.74, 6) is 0.740. The standard InChI is InChI=1S/C15H16N4O2S2/c1-2-13(10-4-3-5-11(8-10)23(16,20)21)19-14-12-6-7-22-15(12)18-9-17-14/h3-9,13H,2H2,1H3,(H2,16,20,21)(H,17,18,19). The lowest BCUT2D eigenvalue weighted by atomic mass is 10.0. The third kappa shape index (κ3) is 3.34. The molecule has 2 aromatic heterocycles. The fourth-order valence-corrected chi connectivity index (χ4v) is 3.70. The number of nitrogens with zero attached hydrogens (tertiary/aromatic N) is 2. The summed E-state index contributed by atoms with van der Waals surface area (Å²) in [6.07, 6.45) is 2.29. The summed E-state index contributed by atoms with van der Waals surface area (Å²) in [5.41, 5.74) is 0.848. The maximum Gasteiger partial charge on any atom is 0.238 e. The molecule has 0 aliphatic heterocycles. The first-order chi connectivity index (χ1) is 11.0. The SMILES string of the molecule is CCC(Nc1ncnc2sccc12)c1cccc(S(N)(=O)=O)c1. The summed E-state index contributed by atoms with van der Waals surface area (Å²) in [6, 6.07) is 8.56. The van der Waals surface area contributed by atoms with Gasteiger partial charge < -0.3 is 5.32 Å². The molecule has 0 aliphatic carbocycles. The normalized spacial score (nSPS) is 13.1. The number of primary sulfonamides is 1. The van der Waals surface area contributed by atoms with Crippen molar-refractivity contribution < 1.29 is 8.42 Å².